The molecule has 0 bridgehead atoms. The van der Waals surface area contributed by atoms with Crippen LogP contribution in [0.3, 0.4) is 0 Å². The summed E-state index contributed by atoms with van der Waals surface area (Å²) in [4.78, 5) is 36.8. The van der Waals surface area contributed by atoms with Gasteiger partial charge in [0.2, 0.25) is 0 Å². The van der Waals surface area contributed by atoms with Gasteiger partial charge in [0.25, 0.3) is 0 Å². The van der Waals surface area contributed by atoms with E-state index in [1.54, 1.807) is 0 Å². The Balaban J connectivity index is 2.27. The molecule has 0 aromatic carbocycles. The number of carbonyl (C=O) groups is 3. The summed E-state index contributed by atoms with van der Waals surface area (Å²) in [6.07, 6.45) is 36.4. The van der Waals surface area contributed by atoms with E-state index in [-0.39, 0.29) is 19.4 Å². The fraction of sp³-hybridized carbons (Fsp3) is 0.816. The highest BCUT2D eigenvalue weighted by molar-refractivity contribution is 5.73. The Labute approximate surface area is 363 Å². The lowest BCUT2D eigenvalue weighted by Crippen LogP contribution is -2.60. The van der Waals surface area contributed by atoms with Crippen LogP contribution in [0.5, 0.6) is 0 Å². The molecule has 0 aromatic heterocycles. The molecule has 1 aliphatic rings. The molecule has 6 unspecified atom stereocenters. The van der Waals surface area contributed by atoms with Gasteiger partial charge < -0.3 is 39.4 Å². The molecule has 0 aromatic rings. The van der Waals surface area contributed by atoms with E-state index in [4.69, 9.17) is 18.9 Å². The quantitative estimate of drug-likeness (QED) is 0.0263. The number of carbonyl (C=O) groups excluding carboxylic acids is 2. The summed E-state index contributed by atoms with van der Waals surface area (Å²) in [5, 5.41) is 39.8. The van der Waals surface area contributed by atoms with E-state index in [1.807, 2.05) is 0 Å². The zero-order valence-electron chi connectivity index (χ0n) is 37.7. The Morgan fingerprint density at radius 3 is 1.45 bits per heavy atom. The standard InChI is InChI=1S/C49H86O11/c1-3-5-7-9-11-13-15-16-17-18-19-20-21-22-23-24-25-26-28-29-31-33-35-37-42(50)57-39-41(40-58-49-46(54)44(52)45(53)47(60-49)48(55)56)59-43(51)38-36-34-32-30-27-14-12-10-8-6-4-2/h10,12,15-16,18-19,41,44-47,49,52-54H,3-9,11,13-14,17,20-40H2,1-2H3,(H,55,56)/b12-10-,16-15-,19-18-. The molecular weight excluding hydrogens is 765 g/mol. The van der Waals surface area contributed by atoms with Crippen LogP contribution in [0.2, 0.25) is 0 Å². The van der Waals surface area contributed by atoms with Gasteiger partial charge in [-0.2, -0.15) is 0 Å². The highest BCUT2D eigenvalue weighted by Crippen LogP contribution is 2.23. The lowest BCUT2D eigenvalue weighted by atomic mass is 9.99. The zero-order chi connectivity index (χ0) is 43.9. The largest absolute Gasteiger partial charge is 0.479 e. The predicted octanol–water partition coefficient (Wildman–Crippen LogP) is 10.8. The molecule has 1 heterocycles. The molecule has 1 aliphatic heterocycles. The molecule has 60 heavy (non-hydrogen) atoms. The van der Waals surface area contributed by atoms with Gasteiger partial charge in [0.15, 0.2) is 18.5 Å². The number of aliphatic hydroxyl groups excluding tert-OH is 3. The highest BCUT2D eigenvalue weighted by Gasteiger charge is 2.47. The first-order valence-corrected chi connectivity index (χ1v) is 24.0. The van der Waals surface area contributed by atoms with Crippen LogP contribution in [-0.2, 0) is 33.3 Å². The van der Waals surface area contributed by atoms with Crippen LogP contribution in [0, 0.1) is 0 Å². The predicted molar refractivity (Wildman–Crippen MR) is 238 cm³/mol. The molecule has 0 spiro atoms. The van der Waals surface area contributed by atoms with Crippen molar-refractivity contribution in [2.45, 2.75) is 243 Å². The third kappa shape index (κ3) is 30.5. The first-order valence-electron chi connectivity index (χ1n) is 24.0. The molecule has 11 heteroatoms. The molecule has 1 saturated heterocycles. The number of aliphatic hydroxyl groups is 3. The van der Waals surface area contributed by atoms with Gasteiger partial charge in [-0.05, 0) is 64.2 Å². The normalized spacial score (nSPS) is 20.1. The topological polar surface area (TPSA) is 169 Å². The lowest BCUT2D eigenvalue weighted by Gasteiger charge is -2.38. The van der Waals surface area contributed by atoms with Crippen molar-refractivity contribution in [1.29, 1.82) is 0 Å². The van der Waals surface area contributed by atoms with Crippen molar-refractivity contribution in [2.75, 3.05) is 13.2 Å². The maximum Gasteiger partial charge on any atom is 0.335 e. The average molecular weight is 851 g/mol. The summed E-state index contributed by atoms with van der Waals surface area (Å²) in [6.45, 7) is 3.76. The van der Waals surface area contributed by atoms with Crippen LogP contribution >= 0.6 is 0 Å². The number of allylic oxidation sites excluding steroid dienone is 6. The summed E-state index contributed by atoms with van der Waals surface area (Å²) in [5.41, 5.74) is 0. The van der Waals surface area contributed by atoms with Gasteiger partial charge in [0.1, 0.15) is 24.9 Å². The minimum atomic E-state index is -1.86. The van der Waals surface area contributed by atoms with Gasteiger partial charge in [-0.15, -0.1) is 0 Å². The zero-order valence-corrected chi connectivity index (χ0v) is 37.7. The number of hydrogen-bond donors (Lipinski definition) is 4. The van der Waals surface area contributed by atoms with E-state index >= 15 is 0 Å². The van der Waals surface area contributed by atoms with Crippen LogP contribution < -0.4 is 0 Å². The number of aliphatic carboxylic acids is 1. The summed E-state index contributed by atoms with van der Waals surface area (Å²) >= 11 is 0. The maximum absolute atomic E-state index is 12.7. The molecule has 11 nitrogen and oxygen atoms in total. The van der Waals surface area contributed by atoms with Crippen molar-refractivity contribution in [3.8, 4) is 0 Å². The Kier molecular flexibility index (Phi) is 36.3. The summed E-state index contributed by atoms with van der Waals surface area (Å²) in [6, 6.07) is 0. The first kappa shape index (κ1) is 55.4. The van der Waals surface area contributed by atoms with Crippen molar-refractivity contribution in [3.05, 3.63) is 36.5 Å². The van der Waals surface area contributed by atoms with E-state index in [0.717, 1.165) is 64.2 Å². The Bertz CT molecular complexity index is 1140. The third-order valence-electron chi connectivity index (χ3n) is 11.0. The smallest absolute Gasteiger partial charge is 0.335 e. The van der Waals surface area contributed by atoms with E-state index < -0.39 is 61.3 Å². The molecule has 0 amide bonds. The fourth-order valence-electron chi connectivity index (χ4n) is 7.13. The van der Waals surface area contributed by atoms with Crippen molar-refractivity contribution >= 4 is 17.9 Å². The van der Waals surface area contributed by atoms with Gasteiger partial charge in [-0.1, -0.05) is 166 Å². The lowest BCUT2D eigenvalue weighted by molar-refractivity contribution is -0.298. The van der Waals surface area contributed by atoms with E-state index in [2.05, 4.69) is 50.3 Å². The monoisotopic (exact) mass is 851 g/mol. The van der Waals surface area contributed by atoms with Crippen molar-refractivity contribution in [3.63, 3.8) is 0 Å². The van der Waals surface area contributed by atoms with Crippen molar-refractivity contribution in [2.24, 2.45) is 0 Å². The summed E-state index contributed by atoms with van der Waals surface area (Å²) in [5.74, 6) is -2.46. The van der Waals surface area contributed by atoms with Crippen LogP contribution in [0.15, 0.2) is 36.5 Å². The number of hydrogen-bond acceptors (Lipinski definition) is 10. The molecule has 1 rings (SSSR count). The third-order valence-corrected chi connectivity index (χ3v) is 11.0. The van der Waals surface area contributed by atoms with E-state index in [0.29, 0.717) is 12.8 Å². The average Bonchev–Trinajstić information content (AvgIpc) is 3.23. The minimum Gasteiger partial charge on any atom is -0.479 e. The van der Waals surface area contributed by atoms with Gasteiger partial charge in [-0.3, -0.25) is 9.59 Å². The number of esters is 2. The number of carboxylic acid groups (broad SMARTS) is 1. The fourth-order valence-corrected chi connectivity index (χ4v) is 7.13. The molecule has 6 atom stereocenters. The van der Waals surface area contributed by atoms with E-state index in [9.17, 15) is 34.8 Å². The van der Waals surface area contributed by atoms with Gasteiger partial charge in [0, 0.05) is 12.8 Å². The van der Waals surface area contributed by atoms with Crippen molar-refractivity contribution < 1.29 is 53.8 Å². The van der Waals surface area contributed by atoms with Crippen molar-refractivity contribution in [1.82, 2.24) is 0 Å². The summed E-state index contributed by atoms with van der Waals surface area (Å²) in [7, 11) is 0. The molecule has 1 fully saturated rings. The molecule has 4 N–H and O–H groups in total. The molecule has 0 radical (unpaired) electrons. The Morgan fingerprint density at radius 2 is 0.950 bits per heavy atom. The molecule has 0 aliphatic carbocycles. The Hall–Kier alpha value is -2.57. The second-order valence-electron chi connectivity index (χ2n) is 16.6. The number of carboxylic acids is 1. The summed E-state index contributed by atoms with van der Waals surface area (Å²) < 4.78 is 21.7. The van der Waals surface area contributed by atoms with Gasteiger partial charge in [-0.25, -0.2) is 4.79 Å². The second kappa shape index (κ2) is 39.3. The first-order chi connectivity index (χ1) is 29.2. The number of rotatable bonds is 40. The highest BCUT2D eigenvalue weighted by atomic mass is 16.7. The SMILES string of the molecule is CCCC/C=C\CCCCCCCC(=O)OC(COC(=O)CCCCCCCCCCCCC/C=C\C/C=C\CCCCCCC)COC1OC(C(=O)O)C(O)C(O)C1O. The van der Waals surface area contributed by atoms with Gasteiger partial charge >= 0.3 is 17.9 Å². The van der Waals surface area contributed by atoms with Crippen LogP contribution in [0.25, 0.3) is 0 Å². The second-order valence-corrected chi connectivity index (χ2v) is 16.6. The Morgan fingerprint density at radius 1 is 0.517 bits per heavy atom. The van der Waals surface area contributed by atoms with Gasteiger partial charge in [0.05, 0.1) is 6.61 Å². The molecule has 0 saturated carbocycles. The van der Waals surface area contributed by atoms with Crippen LogP contribution in [0.1, 0.15) is 206 Å². The van der Waals surface area contributed by atoms with Crippen LogP contribution in [-0.4, -0.2) is 88.4 Å². The number of unbranched alkanes of at least 4 members (excludes halogenated alkanes) is 23. The molecule has 348 valence electrons. The van der Waals surface area contributed by atoms with E-state index in [1.165, 1.54) is 103 Å². The van der Waals surface area contributed by atoms with Crippen LogP contribution in [0.4, 0.5) is 0 Å². The molecular formula is C49H86O11. The maximum atomic E-state index is 12.7. The number of ether oxygens (including phenoxy) is 4. The minimum absolute atomic E-state index is 0.172.